The van der Waals surface area contributed by atoms with Crippen molar-refractivity contribution in [2.45, 2.75) is 75.9 Å². The van der Waals surface area contributed by atoms with Gasteiger partial charge in [0.15, 0.2) is 0 Å². The highest BCUT2D eigenvalue weighted by Gasteiger charge is 2.65. The van der Waals surface area contributed by atoms with Crippen LogP contribution in [0.1, 0.15) is 67.6 Å². The zero-order chi connectivity index (χ0) is 41.8. The van der Waals surface area contributed by atoms with Gasteiger partial charge in [-0.15, -0.1) is 6.58 Å². The second-order valence-corrected chi connectivity index (χ2v) is 15.3. The number of aliphatic hydroxyl groups excluding tert-OH is 2. The Morgan fingerprint density at radius 2 is 1.73 bits per heavy atom. The van der Waals surface area contributed by atoms with Gasteiger partial charge in [-0.1, -0.05) is 60.5 Å². The Kier molecular flexibility index (Phi) is 15.1. The molecule has 0 aromatic heterocycles. The first-order valence-electron chi connectivity index (χ1n) is 20.3. The number of allylic oxidation sites excluding steroid dienone is 1. The fourth-order valence-electron chi connectivity index (χ4n) is 8.82. The highest BCUT2D eigenvalue weighted by Crippen LogP contribution is 2.61. The maximum absolute atomic E-state index is 14.0. The zero-order valence-electron chi connectivity index (χ0n) is 33.5. The fourth-order valence-corrected chi connectivity index (χ4v) is 8.82. The number of aromatic hydroxyl groups is 1. The first-order chi connectivity index (χ1) is 28.7. The van der Waals surface area contributed by atoms with Gasteiger partial charge in [-0.2, -0.15) is 0 Å². The number of nitrogens with zero attached hydrogens (tertiary/aromatic N) is 3. The third-order valence-corrected chi connectivity index (χ3v) is 11.5. The van der Waals surface area contributed by atoms with Gasteiger partial charge in [0.05, 0.1) is 36.4 Å². The van der Waals surface area contributed by atoms with E-state index in [-0.39, 0.29) is 75.3 Å². The number of fused-ring (bicyclic) bond motifs is 2. The molecule has 14 nitrogen and oxygen atoms in total. The second kappa shape index (κ2) is 20.6. The molecule has 0 radical (unpaired) electrons. The van der Waals surface area contributed by atoms with E-state index in [1.807, 2.05) is 30.3 Å². The monoisotopic (exact) mass is 813 g/mol. The maximum Gasteiger partial charge on any atom is 0.410 e. The molecule has 6 rings (SSSR count). The number of hydrogen-bond acceptors (Lipinski definition) is 12. The first-order valence-corrected chi connectivity index (χ1v) is 20.3. The molecular formula is C45H55N3O11. The van der Waals surface area contributed by atoms with Crippen LogP contribution in [-0.4, -0.2) is 88.9 Å². The molecule has 1 heterocycles. The normalized spacial score (nSPS) is 23.6. The second-order valence-electron chi connectivity index (χ2n) is 15.3. The number of rotatable bonds is 21. The number of nitro benzene ring substituents is 1. The van der Waals surface area contributed by atoms with Crippen LogP contribution in [0, 0.1) is 27.9 Å². The van der Waals surface area contributed by atoms with Gasteiger partial charge >= 0.3 is 6.09 Å². The number of aliphatic hydroxyl groups is 2. The topological polar surface area (TPSA) is 183 Å². The van der Waals surface area contributed by atoms with Gasteiger partial charge < -0.3 is 44.0 Å². The summed E-state index contributed by atoms with van der Waals surface area (Å²) in [5.41, 5.74) is 3.85. The average molecular weight is 814 g/mol. The lowest BCUT2D eigenvalue weighted by Crippen LogP contribution is -2.69. The standard InChI is InChI=1S/C45H55N3O11/c1-3-23-57-45-41(47(2)44(52)56-25-24-55-29-31-11-5-4-6-12-31)28-39(46-58-30-32-15-17-34(18-16-32)48(53)54)37-26-33(13-7-9-21-49)36(14-8-10-22-50)42(43(37)45)38-27-35(51)19-20-40(38)59-45/h3-6,11-12,15-20,26-27,33,36,41-43,49-51H,1,7-10,13-14,21-25,28-30H2,2H3/t33-,36+,41-,42+,43+,45+/m0/s1. The molecule has 1 saturated carbocycles. The van der Waals surface area contributed by atoms with E-state index in [1.54, 1.807) is 43.5 Å². The largest absolute Gasteiger partial charge is 0.508 e. The van der Waals surface area contributed by atoms with E-state index in [1.165, 1.54) is 17.0 Å². The van der Waals surface area contributed by atoms with Crippen molar-refractivity contribution < 1.29 is 48.8 Å². The van der Waals surface area contributed by atoms with E-state index in [2.05, 4.69) is 12.7 Å². The van der Waals surface area contributed by atoms with E-state index in [4.69, 9.17) is 28.9 Å². The first kappa shape index (κ1) is 43.3. The van der Waals surface area contributed by atoms with Crippen molar-refractivity contribution in [2.75, 3.05) is 40.1 Å². The van der Waals surface area contributed by atoms with Gasteiger partial charge in [0, 0.05) is 50.3 Å². The van der Waals surface area contributed by atoms with E-state index >= 15 is 0 Å². The fraction of sp³-hybridized carbons (Fsp3) is 0.467. The Morgan fingerprint density at radius 1 is 1.00 bits per heavy atom. The predicted octanol–water partition coefficient (Wildman–Crippen LogP) is 7.42. The molecule has 316 valence electrons. The smallest absolute Gasteiger partial charge is 0.410 e. The number of nitro groups is 1. The van der Waals surface area contributed by atoms with Crippen molar-refractivity contribution in [3.8, 4) is 11.5 Å². The Labute approximate surface area is 344 Å². The van der Waals surface area contributed by atoms with Crippen molar-refractivity contribution >= 4 is 17.5 Å². The summed E-state index contributed by atoms with van der Waals surface area (Å²) in [6.45, 7) is 4.74. The molecular weight excluding hydrogens is 759 g/mol. The number of carbonyl (C=O) groups excluding carboxylic acids is 1. The molecule has 3 aromatic carbocycles. The van der Waals surface area contributed by atoms with E-state index in [0.29, 0.717) is 36.5 Å². The number of phenolic OH excluding ortho intramolecular Hbond substituents is 1. The minimum Gasteiger partial charge on any atom is -0.508 e. The maximum atomic E-state index is 14.0. The molecule has 3 aliphatic rings. The van der Waals surface area contributed by atoms with Crippen LogP contribution in [-0.2, 0) is 32.3 Å². The summed E-state index contributed by atoms with van der Waals surface area (Å²) >= 11 is 0. The van der Waals surface area contributed by atoms with Crippen molar-refractivity contribution in [1.82, 2.24) is 4.90 Å². The molecule has 14 heteroatoms. The molecule has 1 amide bonds. The van der Waals surface area contributed by atoms with E-state index in [0.717, 1.165) is 42.4 Å². The van der Waals surface area contributed by atoms with Crippen LogP contribution in [0.3, 0.4) is 0 Å². The van der Waals surface area contributed by atoms with Crippen LogP contribution in [0.25, 0.3) is 0 Å². The Bertz CT molecular complexity index is 1940. The van der Waals surface area contributed by atoms with Gasteiger partial charge in [-0.25, -0.2) is 4.79 Å². The summed E-state index contributed by atoms with van der Waals surface area (Å²) in [7, 11) is 1.64. The predicted molar refractivity (Wildman–Crippen MR) is 220 cm³/mol. The summed E-state index contributed by atoms with van der Waals surface area (Å²) in [5, 5.41) is 46.5. The molecule has 0 spiro atoms. The van der Waals surface area contributed by atoms with Crippen LogP contribution in [0.4, 0.5) is 10.5 Å². The molecule has 1 aliphatic heterocycles. The summed E-state index contributed by atoms with van der Waals surface area (Å²) in [6, 6.07) is 20.0. The van der Waals surface area contributed by atoms with Gasteiger partial charge in [0.25, 0.3) is 5.69 Å². The van der Waals surface area contributed by atoms with Crippen LogP contribution < -0.4 is 4.74 Å². The van der Waals surface area contributed by atoms with Crippen molar-refractivity contribution in [1.29, 1.82) is 0 Å². The zero-order valence-corrected chi connectivity index (χ0v) is 33.5. The number of non-ortho nitro benzene ring substituents is 1. The van der Waals surface area contributed by atoms with Crippen molar-refractivity contribution in [2.24, 2.45) is 22.9 Å². The molecule has 0 saturated heterocycles. The van der Waals surface area contributed by atoms with Crippen LogP contribution >= 0.6 is 0 Å². The minimum atomic E-state index is -1.48. The average Bonchev–Trinajstić information content (AvgIpc) is 3.24. The quantitative estimate of drug-likeness (QED) is 0.0421. The number of amides is 1. The van der Waals surface area contributed by atoms with Crippen LogP contribution in [0.5, 0.6) is 11.5 Å². The third kappa shape index (κ3) is 10.1. The number of phenols is 1. The molecule has 3 N–H and O–H groups in total. The molecule has 59 heavy (non-hydrogen) atoms. The van der Waals surface area contributed by atoms with E-state index in [9.17, 15) is 30.2 Å². The number of likely N-dealkylation sites (N-methyl/N-ethyl adjacent to an activating group) is 1. The summed E-state index contributed by atoms with van der Waals surface area (Å²) in [6.07, 6.45) is 7.68. The lowest BCUT2D eigenvalue weighted by molar-refractivity contribution is -0.384. The third-order valence-electron chi connectivity index (χ3n) is 11.5. The summed E-state index contributed by atoms with van der Waals surface area (Å²) < 4.78 is 25.4. The number of oxime groups is 1. The Balaban J connectivity index is 1.41. The summed E-state index contributed by atoms with van der Waals surface area (Å²) in [5.74, 6) is -1.73. The van der Waals surface area contributed by atoms with Gasteiger partial charge in [-0.3, -0.25) is 10.1 Å². The highest BCUT2D eigenvalue weighted by atomic mass is 16.7. The summed E-state index contributed by atoms with van der Waals surface area (Å²) in [4.78, 5) is 32.3. The van der Waals surface area contributed by atoms with Crippen LogP contribution in [0.15, 0.2) is 102 Å². The van der Waals surface area contributed by atoms with E-state index < -0.39 is 28.8 Å². The molecule has 1 fully saturated rings. The number of unbranched alkanes of at least 4 members (excludes halogenated alkanes) is 2. The number of benzene rings is 3. The van der Waals surface area contributed by atoms with Crippen LogP contribution in [0.2, 0.25) is 0 Å². The Hall–Kier alpha value is -5.28. The molecule has 0 bridgehead atoms. The van der Waals surface area contributed by atoms with Crippen molar-refractivity contribution in [3.63, 3.8) is 0 Å². The molecule has 6 atom stereocenters. The number of hydrogen-bond donors (Lipinski definition) is 3. The highest BCUT2D eigenvalue weighted by molar-refractivity contribution is 6.02. The Morgan fingerprint density at radius 3 is 2.44 bits per heavy atom. The van der Waals surface area contributed by atoms with Crippen molar-refractivity contribution in [3.05, 3.63) is 124 Å². The number of carbonyl (C=O) groups is 1. The minimum absolute atomic E-state index is 0.00512. The lowest BCUT2D eigenvalue weighted by atomic mass is 9.55. The molecule has 2 aliphatic carbocycles. The van der Waals surface area contributed by atoms with Gasteiger partial charge in [-0.05, 0) is 84.6 Å². The molecule has 0 unspecified atom stereocenters. The molecule has 3 aromatic rings. The lowest BCUT2D eigenvalue weighted by Gasteiger charge is -2.59. The number of ether oxygens (including phenoxy) is 4. The SMILES string of the molecule is C=CCO[C@@]12Oc3ccc(O)cc3[C@H]3[C@H](CCCCO)[C@@H](CCCCO)C=C(C(=NOCc4ccc([N+](=O)[O-])cc4)C[C@@H]1N(C)C(=O)OCCOCc1ccccc1)[C@H]32. The van der Waals surface area contributed by atoms with Gasteiger partial charge in [0.2, 0.25) is 5.79 Å². The van der Waals surface area contributed by atoms with Gasteiger partial charge in [0.1, 0.15) is 30.8 Å².